The van der Waals surface area contributed by atoms with Crippen molar-refractivity contribution in [2.45, 2.75) is 50.7 Å². The molecule has 34 heavy (non-hydrogen) atoms. The lowest BCUT2D eigenvalue weighted by molar-refractivity contribution is 0.261. The topological polar surface area (TPSA) is 157 Å². The smallest absolute Gasteiger partial charge is 0.326 e. The summed E-state index contributed by atoms with van der Waals surface area (Å²) in [6.45, 7) is 1.84. The largest absolute Gasteiger partial charge is 0.392 e. The fourth-order valence-electron chi connectivity index (χ4n) is 4.09. The molecule has 0 saturated heterocycles. The van der Waals surface area contributed by atoms with Crippen molar-refractivity contribution in [2.24, 2.45) is 0 Å². The van der Waals surface area contributed by atoms with E-state index in [1.165, 1.54) is 6.33 Å². The molecular formula is C23H24N8O3. The van der Waals surface area contributed by atoms with E-state index in [9.17, 15) is 9.90 Å². The van der Waals surface area contributed by atoms with Gasteiger partial charge in [-0.05, 0) is 37.8 Å². The minimum absolute atomic E-state index is 0.0465. The van der Waals surface area contributed by atoms with Crippen molar-refractivity contribution in [2.75, 3.05) is 16.4 Å². The van der Waals surface area contributed by atoms with Crippen molar-refractivity contribution in [3.8, 4) is 11.3 Å². The van der Waals surface area contributed by atoms with Crippen LogP contribution in [0.2, 0.25) is 0 Å². The summed E-state index contributed by atoms with van der Waals surface area (Å²) in [5.41, 5.74) is 10.1. The van der Waals surface area contributed by atoms with Crippen molar-refractivity contribution in [1.82, 2.24) is 24.9 Å². The first-order valence-electron chi connectivity index (χ1n) is 11.2. The van der Waals surface area contributed by atoms with Gasteiger partial charge in [-0.3, -0.25) is 5.32 Å². The zero-order valence-electron chi connectivity index (χ0n) is 18.6. The number of nitrogens with two attached hydrogens (primary N) is 1. The van der Waals surface area contributed by atoms with E-state index in [1.54, 1.807) is 18.2 Å². The molecule has 0 atom stereocenters. The van der Waals surface area contributed by atoms with Gasteiger partial charge in [-0.2, -0.15) is 5.10 Å². The lowest BCUT2D eigenvalue weighted by atomic mass is 10.0. The Morgan fingerprint density at radius 2 is 2.09 bits per heavy atom. The number of fused-ring (bicyclic) bond motifs is 1. The number of hydrogen-bond donors (Lipinski definition) is 4. The highest BCUT2D eigenvalue weighted by Crippen LogP contribution is 2.47. The number of carbonyl (C=O) groups is 1. The lowest BCUT2D eigenvalue weighted by Crippen LogP contribution is -2.20. The van der Waals surface area contributed by atoms with E-state index in [4.69, 9.17) is 15.4 Å². The molecule has 3 aromatic heterocycles. The molecule has 0 unspecified atom stereocenters. The highest BCUT2D eigenvalue weighted by atomic mass is 16.5. The zero-order chi connectivity index (χ0) is 23.4. The number of anilines is 3. The summed E-state index contributed by atoms with van der Waals surface area (Å²) in [5.74, 6) is 0.626. The van der Waals surface area contributed by atoms with E-state index in [0.29, 0.717) is 39.8 Å². The van der Waals surface area contributed by atoms with Crippen LogP contribution in [0.15, 0.2) is 35.1 Å². The number of aromatic nitrogens is 5. The molecule has 11 heteroatoms. The van der Waals surface area contributed by atoms with E-state index in [2.05, 4.69) is 32.7 Å². The molecule has 2 aliphatic carbocycles. The van der Waals surface area contributed by atoms with Crippen molar-refractivity contribution in [3.63, 3.8) is 0 Å². The molecule has 2 fully saturated rings. The molecule has 174 valence electrons. The predicted molar refractivity (Wildman–Crippen MR) is 125 cm³/mol. The second-order valence-electron chi connectivity index (χ2n) is 9.23. The predicted octanol–water partition coefficient (Wildman–Crippen LogP) is 3.59. The molecule has 4 aromatic rings. The van der Waals surface area contributed by atoms with Crippen molar-refractivity contribution in [1.29, 1.82) is 0 Å². The van der Waals surface area contributed by atoms with Crippen LogP contribution in [-0.2, 0) is 12.0 Å². The number of rotatable bonds is 6. The Kier molecular flexibility index (Phi) is 4.56. The Labute approximate surface area is 194 Å². The van der Waals surface area contributed by atoms with Gasteiger partial charge in [0.2, 0.25) is 5.88 Å². The molecule has 0 aliphatic heterocycles. The van der Waals surface area contributed by atoms with Gasteiger partial charge in [0.1, 0.15) is 17.8 Å². The number of hydrogen-bond acceptors (Lipinski definition) is 8. The molecule has 2 amide bonds. The molecule has 0 spiro atoms. The number of aliphatic hydroxyl groups excluding tert-OH is 1. The van der Waals surface area contributed by atoms with E-state index < -0.39 is 6.03 Å². The molecular weight excluding hydrogens is 436 g/mol. The number of benzene rings is 1. The van der Waals surface area contributed by atoms with Gasteiger partial charge in [-0.15, -0.1) is 0 Å². The van der Waals surface area contributed by atoms with Crippen molar-refractivity contribution in [3.05, 3.63) is 41.9 Å². The Bertz CT molecular complexity index is 1420. The first-order chi connectivity index (χ1) is 16.4. The van der Waals surface area contributed by atoms with Gasteiger partial charge in [-0.25, -0.2) is 19.4 Å². The summed E-state index contributed by atoms with van der Waals surface area (Å²) in [7, 11) is 0. The standard InChI is InChI=1S/C23H24N8O3/c1-23(6-7-23)16-9-17(34-30-16)28-22(33)27-15-5-2-12(8-13(15)10-32)19-18-20(24)25-11-26-21(18)31(29-19)14-3-4-14/h2,5,8-9,11,14,32H,3-4,6-7,10H2,1H3,(H2,24,25,26)(H2,27,28,33). The third-order valence-electron chi connectivity index (χ3n) is 6.57. The van der Waals surface area contributed by atoms with Crippen molar-refractivity contribution < 1.29 is 14.4 Å². The monoisotopic (exact) mass is 460 g/mol. The maximum absolute atomic E-state index is 12.5. The van der Waals surface area contributed by atoms with Crippen LogP contribution in [0, 0.1) is 0 Å². The van der Waals surface area contributed by atoms with Crippen LogP contribution in [0.4, 0.5) is 22.2 Å². The molecule has 5 N–H and O–H groups in total. The summed E-state index contributed by atoms with van der Waals surface area (Å²) < 4.78 is 7.14. The van der Waals surface area contributed by atoms with E-state index >= 15 is 0 Å². The Morgan fingerprint density at radius 3 is 2.82 bits per heavy atom. The number of amides is 2. The summed E-state index contributed by atoms with van der Waals surface area (Å²) in [5, 5.41) is 24.9. The lowest BCUT2D eigenvalue weighted by Gasteiger charge is -2.11. The van der Waals surface area contributed by atoms with E-state index in [0.717, 1.165) is 36.9 Å². The summed E-state index contributed by atoms with van der Waals surface area (Å²) in [6, 6.07) is 6.89. The first kappa shape index (κ1) is 20.6. The summed E-state index contributed by atoms with van der Waals surface area (Å²) >= 11 is 0. The molecule has 3 heterocycles. The average Bonchev–Trinajstić information content (AvgIpc) is 3.72. The molecule has 0 radical (unpaired) electrons. The Hall–Kier alpha value is -3.99. The SMILES string of the molecule is CC1(c2cc(NC(=O)Nc3ccc(-c4nn(C5CC5)c5ncnc(N)c45)cc3CO)on2)CC1. The number of nitrogen functional groups attached to an aromatic ring is 1. The highest BCUT2D eigenvalue weighted by Gasteiger charge is 2.42. The summed E-state index contributed by atoms with van der Waals surface area (Å²) in [6.07, 6.45) is 5.65. The molecule has 1 aromatic carbocycles. The molecule has 6 rings (SSSR count). The van der Waals surface area contributed by atoms with Crippen LogP contribution in [0.1, 0.15) is 49.9 Å². The minimum Gasteiger partial charge on any atom is -0.392 e. The highest BCUT2D eigenvalue weighted by molar-refractivity contribution is 6.01. The van der Waals surface area contributed by atoms with Gasteiger partial charge in [0.05, 0.1) is 23.7 Å². The molecule has 11 nitrogen and oxygen atoms in total. The first-order valence-corrected chi connectivity index (χ1v) is 11.2. The number of urea groups is 1. The van der Waals surface area contributed by atoms with Crippen LogP contribution < -0.4 is 16.4 Å². The average molecular weight is 460 g/mol. The van der Waals surface area contributed by atoms with Gasteiger partial charge in [-0.1, -0.05) is 18.1 Å². The molecule has 2 aliphatic rings. The Balaban J connectivity index is 1.26. The zero-order valence-corrected chi connectivity index (χ0v) is 18.6. The fourth-order valence-corrected chi connectivity index (χ4v) is 4.09. The molecule has 2 saturated carbocycles. The van der Waals surface area contributed by atoms with Gasteiger partial charge in [0, 0.05) is 28.3 Å². The molecule has 0 bridgehead atoms. The minimum atomic E-state index is -0.493. The summed E-state index contributed by atoms with van der Waals surface area (Å²) in [4.78, 5) is 21.1. The maximum atomic E-state index is 12.5. The van der Waals surface area contributed by atoms with E-state index in [-0.39, 0.29) is 17.9 Å². The number of aliphatic hydroxyl groups is 1. The second kappa shape index (κ2) is 7.52. The third-order valence-corrected chi connectivity index (χ3v) is 6.57. The number of nitrogens with one attached hydrogen (secondary N) is 2. The number of nitrogens with zero attached hydrogens (tertiary/aromatic N) is 5. The van der Waals surface area contributed by atoms with Crippen LogP contribution in [-0.4, -0.2) is 36.0 Å². The Morgan fingerprint density at radius 1 is 1.26 bits per heavy atom. The van der Waals surface area contributed by atoms with Crippen molar-refractivity contribution >= 4 is 34.5 Å². The number of carbonyl (C=O) groups excluding carboxylic acids is 1. The van der Waals surface area contributed by atoms with Crippen LogP contribution in [0.5, 0.6) is 0 Å². The van der Waals surface area contributed by atoms with Gasteiger partial charge in [0.15, 0.2) is 5.65 Å². The quantitative estimate of drug-likeness (QED) is 0.340. The van der Waals surface area contributed by atoms with Crippen LogP contribution in [0.3, 0.4) is 0 Å². The van der Waals surface area contributed by atoms with E-state index in [1.807, 2.05) is 10.7 Å². The fraction of sp³-hybridized carbons (Fsp3) is 0.348. The van der Waals surface area contributed by atoms with Gasteiger partial charge in [0.25, 0.3) is 0 Å². The maximum Gasteiger partial charge on any atom is 0.326 e. The second-order valence-corrected chi connectivity index (χ2v) is 9.23. The van der Waals surface area contributed by atoms with Crippen LogP contribution in [0.25, 0.3) is 22.3 Å². The normalized spacial score (nSPS) is 16.5. The van der Waals surface area contributed by atoms with Crippen LogP contribution >= 0.6 is 0 Å². The van der Waals surface area contributed by atoms with Gasteiger partial charge >= 0.3 is 6.03 Å². The van der Waals surface area contributed by atoms with Gasteiger partial charge < -0.3 is 20.7 Å². The third kappa shape index (κ3) is 3.54.